The number of carboxylic acid groups (broad SMARTS) is 1. The maximum absolute atomic E-state index is 12.0. The molecule has 0 heterocycles. The molecule has 142 valence electrons. The smallest absolute Gasteiger partial charge is 0.335 e. The number of methoxy groups -OCH3 is 1. The summed E-state index contributed by atoms with van der Waals surface area (Å²) >= 11 is 0. The molecule has 1 aromatic carbocycles. The molecule has 9 heteroatoms. The predicted octanol–water partition coefficient (Wildman–Crippen LogP) is 0.00820. The number of rotatable bonds is 5. The second kappa shape index (κ2) is 7.73. The van der Waals surface area contributed by atoms with Gasteiger partial charge in [0.1, 0.15) is 12.2 Å². The van der Waals surface area contributed by atoms with Gasteiger partial charge in [-0.15, -0.1) is 0 Å². The number of hydrogen-bond acceptors (Lipinski definition) is 8. The molecule has 1 aliphatic carbocycles. The molecule has 0 spiro atoms. The number of benzene rings is 1. The summed E-state index contributed by atoms with van der Waals surface area (Å²) in [6.45, 7) is 0. The number of aliphatic hydroxyl groups excluding tert-OH is 1. The Morgan fingerprint density at radius 2 is 1.92 bits per heavy atom. The van der Waals surface area contributed by atoms with Crippen LogP contribution in [0.1, 0.15) is 18.4 Å². The highest BCUT2D eigenvalue weighted by Gasteiger charge is 2.51. The van der Waals surface area contributed by atoms with Gasteiger partial charge in [0.25, 0.3) is 0 Å². The van der Waals surface area contributed by atoms with Gasteiger partial charge in [0.05, 0.1) is 6.10 Å². The van der Waals surface area contributed by atoms with Crippen molar-refractivity contribution in [2.75, 3.05) is 7.11 Å². The van der Waals surface area contributed by atoms with Crippen LogP contribution < -0.4 is 0 Å². The number of hydrogen-bond donors (Lipinski definition) is 5. The standard InChI is InChI=1S/C17H20O9/c1-25-15-12(20)7-17(24,16(22)23)8-13(15)26-14(21)5-3-9-2-4-10(18)11(19)6-9/h2-6,12-13,15,18-20,24H,7-8H2,1H3,(H,22,23)/b5-3+/t12?,13-,15-,17+/m0/s1. The predicted molar refractivity (Wildman–Crippen MR) is 87.3 cm³/mol. The molecule has 1 saturated carbocycles. The minimum Gasteiger partial charge on any atom is -0.504 e. The number of phenolic OH excluding ortho intramolecular Hbond substituents is 2. The Balaban J connectivity index is 2.10. The van der Waals surface area contributed by atoms with Crippen LogP contribution in [-0.4, -0.2) is 68.5 Å². The van der Waals surface area contributed by atoms with Gasteiger partial charge in [-0.05, 0) is 23.8 Å². The van der Waals surface area contributed by atoms with E-state index in [1.165, 1.54) is 31.4 Å². The lowest BCUT2D eigenvalue weighted by atomic mass is 9.79. The fraction of sp³-hybridized carbons (Fsp3) is 0.412. The molecule has 9 nitrogen and oxygen atoms in total. The van der Waals surface area contributed by atoms with Crippen LogP contribution in [0.2, 0.25) is 0 Å². The molecule has 0 aromatic heterocycles. The summed E-state index contributed by atoms with van der Waals surface area (Å²) in [6.07, 6.45) is -2.02. The molecule has 0 amide bonds. The molecule has 1 aromatic rings. The first-order valence-corrected chi connectivity index (χ1v) is 7.73. The number of carboxylic acids is 1. The molecule has 0 bridgehead atoms. The normalized spacial score (nSPS) is 28.8. The fourth-order valence-corrected chi connectivity index (χ4v) is 2.83. The van der Waals surface area contributed by atoms with E-state index in [0.717, 1.165) is 6.08 Å². The Morgan fingerprint density at radius 1 is 1.23 bits per heavy atom. The van der Waals surface area contributed by atoms with Gasteiger partial charge in [-0.3, -0.25) is 0 Å². The van der Waals surface area contributed by atoms with E-state index in [4.69, 9.17) is 14.6 Å². The average Bonchev–Trinajstić information content (AvgIpc) is 2.55. The summed E-state index contributed by atoms with van der Waals surface area (Å²) in [4.78, 5) is 23.2. The van der Waals surface area contributed by atoms with Crippen LogP contribution in [0.25, 0.3) is 6.08 Å². The van der Waals surface area contributed by atoms with Crippen LogP contribution in [0.15, 0.2) is 24.3 Å². The van der Waals surface area contributed by atoms with E-state index in [1.807, 2.05) is 0 Å². The quantitative estimate of drug-likeness (QED) is 0.275. The van der Waals surface area contributed by atoms with Crippen molar-refractivity contribution >= 4 is 18.0 Å². The highest BCUT2D eigenvalue weighted by molar-refractivity contribution is 5.87. The Kier molecular flexibility index (Phi) is 5.86. The van der Waals surface area contributed by atoms with Crippen LogP contribution >= 0.6 is 0 Å². The van der Waals surface area contributed by atoms with Crippen LogP contribution in [0, 0.1) is 0 Å². The van der Waals surface area contributed by atoms with Gasteiger partial charge in [0, 0.05) is 26.0 Å². The summed E-state index contributed by atoms with van der Waals surface area (Å²) in [5.41, 5.74) is -1.82. The van der Waals surface area contributed by atoms with E-state index >= 15 is 0 Å². The van der Waals surface area contributed by atoms with Crippen molar-refractivity contribution in [3.05, 3.63) is 29.8 Å². The minimum absolute atomic E-state index is 0.309. The number of carbonyl (C=O) groups is 2. The van der Waals surface area contributed by atoms with Gasteiger partial charge in [0.15, 0.2) is 17.1 Å². The van der Waals surface area contributed by atoms with E-state index in [1.54, 1.807) is 0 Å². The van der Waals surface area contributed by atoms with Crippen LogP contribution in [0.5, 0.6) is 11.5 Å². The van der Waals surface area contributed by atoms with Crippen molar-refractivity contribution in [1.29, 1.82) is 0 Å². The zero-order valence-electron chi connectivity index (χ0n) is 13.9. The number of phenols is 2. The summed E-state index contributed by atoms with van der Waals surface area (Å²) < 4.78 is 10.2. The molecular weight excluding hydrogens is 348 g/mol. The van der Waals surface area contributed by atoms with Gasteiger partial charge in [-0.1, -0.05) is 6.07 Å². The largest absolute Gasteiger partial charge is 0.504 e. The summed E-state index contributed by atoms with van der Waals surface area (Å²) in [5.74, 6) is -3.05. The Morgan fingerprint density at radius 3 is 2.50 bits per heavy atom. The van der Waals surface area contributed by atoms with Crippen molar-refractivity contribution < 1.29 is 44.6 Å². The van der Waals surface area contributed by atoms with Crippen molar-refractivity contribution in [3.63, 3.8) is 0 Å². The zero-order valence-corrected chi connectivity index (χ0v) is 13.9. The van der Waals surface area contributed by atoms with Gasteiger partial charge in [-0.25, -0.2) is 9.59 Å². The second-order valence-electron chi connectivity index (χ2n) is 6.07. The Labute approximate surface area is 148 Å². The van der Waals surface area contributed by atoms with E-state index in [-0.39, 0.29) is 11.5 Å². The lowest BCUT2D eigenvalue weighted by Gasteiger charge is -2.40. The van der Waals surface area contributed by atoms with Crippen molar-refractivity contribution in [2.45, 2.75) is 36.8 Å². The molecule has 0 aliphatic heterocycles. The Bertz CT molecular complexity index is 714. The van der Waals surface area contributed by atoms with Crippen LogP contribution in [0.4, 0.5) is 0 Å². The summed E-state index contributed by atoms with van der Waals surface area (Å²) in [6, 6.07) is 3.92. The molecule has 26 heavy (non-hydrogen) atoms. The first kappa shape index (κ1) is 19.7. The van der Waals surface area contributed by atoms with E-state index in [0.29, 0.717) is 5.56 Å². The van der Waals surface area contributed by atoms with Crippen molar-refractivity contribution in [2.24, 2.45) is 0 Å². The lowest BCUT2D eigenvalue weighted by Crippen LogP contribution is -2.57. The minimum atomic E-state index is -2.23. The third kappa shape index (κ3) is 4.31. The van der Waals surface area contributed by atoms with E-state index in [9.17, 15) is 30.0 Å². The third-order valence-corrected chi connectivity index (χ3v) is 4.18. The number of carbonyl (C=O) groups excluding carboxylic acids is 1. The summed E-state index contributed by atoms with van der Waals surface area (Å²) in [7, 11) is 1.27. The number of aliphatic hydroxyl groups is 2. The van der Waals surface area contributed by atoms with Gasteiger partial charge >= 0.3 is 11.9 Å². The van der Waals surface area contributed by atoms with Gasteiger partial charge < -0.3 is 35.0 Å². The first-order valence-electron chi connectivity index (χ1n) is 7.73. The number of esters is 1. The second-order valence-corrected chi connectivity index (χ2v) is 6.07. The Hall–Kier alpha value is -2.62. The monoisotopic (exact) mass is 368 g/mol. The molecule has 2 rings (SSSR count). The number of aromatic hydroxyl groups is 2. The third-order valence-electron chi connectivity index (χ3n) is 4.18. The molecule has 0 saturated heterocycles. The fourth-order valence-electron chi connectivity index (χ4n) is 2.83. The van der Waals surface area contributed by atoms with Gasteiger partial charge in [0.2, 0.25) is 0 Å². The molecule has 4 atom stereocenters. The average molecular weight is 368 g/mol. The molecule has 0 radical (unpaired) electrons. The van der Waals surface area contributed by atoms with Crippen molar-refractivity contribution in [3.8, 4) is 11.5 Å². The lowest BCUT2D eigenvalue weighted by molar-refractivity contribution is -0.200. The highest BCUT2D eigenvalue weighted by atomic mass is 16.6. The summed E-state index contributed by atoms with van der Waals surface area (Å²) in [5, 5.41) is 47.9. The maximum atomic E-state index is 12.0. The SMILES string of the molecule is CO[C@H]1C(O)C[C@](O)(C(=O)O)C[C@@H]1OC(=O)/C=C/c1ccc(O)c(O)c1. The maximum Gasteiger partial charge on any atom is 0.335 e. The van der Waals surface area contributed by atoms with Crippen molar-refractivity contribution in [1.82, 2.24) is 0 Å². The van der Waals surface area contributed by atoms with Crippen LogP contribution in [0.3, 0.4) is 0 Å². The molecule has 1 aliphatic rings. The number of aliphatic carboxylic acids is 1. The first-order chi connectivity index (χ1) is 12.2. The van der Waals surface area contributed by atoms with Crippen LogP contribution in [-0.2, 0) is 19.1 Å². The molecule has 5 N–H and O–H groups in total. The highest BCUT2D eigenvalue weighted by Crippen LogP contribution is 2.33. The molecular formula is C17H20O9. The van der Waals surface area contributed by atoms with E-state index < -0.39 is 48.7 Å². The number of ether oxygens (including phenoxy) is 2. The molecule has 1 unspecified atom stereocenters. The zero-order chi connectivity index (χ0) is 19.5. The molecule has 1 fully saturated rings. The topological polar surface area (TPSA) is 154 Å². The van der Waals surface area contributed by atoms with E-state index in [2.05, 4.69) is 0 Å². The van der Waals surface area contributed by atoms with Gasteiger partial charge in [-0.2, -0.15) is 0 Å².